The Bertz CT molecular complexity index is 540. The summed E-state index contributed by atoms with van der Waals surface area (Å²) in [6.45, 7) is 4.52. The molecule has 4 heteroatoms. The molecule has 0 aliphatic carbocycles. The number of furan rings is 1. The van der Waals surface area contributed by atoms with Gasteiger partial charge < -0.3 is 15.5 Å². The summed E-state index contributed by atoms with van der Waals surface area (Å²) in [6, 6.07) is 9.67. The molecular weight excluding hydrogens is 252 g/mol. The van der Waals surface area contributed by atoms with E-state index in [1.807, 2.05) is 44.2 Å². The summed E-state index contributed by atoms with van der Waals surface area (Å²) in [5.41, 5.74) is 6.47. The van der Waals surface area contributed by atoms with Crippen LogP contribution in [0.1, 0.15) is 38.5 Å². The molecule has 1 amide bonds. The summed E-state index contributed by atoms with van der Waals surface area (Å²) in [4.78, 5) is 12.0. The number of nitrogens with one attached hydrogen (secondary N) is 1. The van der Waals surface area contributed by atoms with Crippen molar-refractivity contribution in [1.82, 2.24) is 5.32 Å². The van der Waals surface area contributed by atoms with Crippen LogP contribution in [0.25, 0.3) is 11.0 Å². The monoisotopic (exact) mass is 274 g/mol. The number of para-hydroxylation sites is 1. The van der Waals surface area contributed by atoms with E-state index in [0.717, 1.165) is 23.2 Å². The maximum Gasteiger partial charge on any atom is 0.220 e. The molecular formula is C16H22N2O2. The van der Waals surface area contributed by atoms with E-state index < -0.39 is 0 Å². The van der Waals surface area contributed by atoms with Gasteiger partial charge in [-0.15, -0.1) is 0 Å². The lowest BCUT2D eigenvalue weighted by Crippen LogP contribution is -2.30. The normalized spacial score (nSPS) is 14.2. The van der Waals surface area contributed by atoms with E-state index >= 15 is 0 Å². The quantitative estimate of drug-likeness (QED) is 0.851. The van der Waals surface area contributed by atoms with Crippen LogP contribution < -0.4 is 11.1 Å². The van der Waals surface area contributed by atoms with Crippen LogP contribution in [-0.2, 0) is 4.79 Å². The van der Waals surface area contributed by atoms with Crippen molar-refractivity contribution >= 4 is 16.9 Å². The van der Waals surface area contributed by atoms with Crippen molar-refractivity contribution in [3.63, 3.8) is 0 Å². The molecule has 0 aliphatic heterocycles. The van der Waals surface area contributed by atoms with Gasteiger partial charge in [0.1, 0.15) is 11.3 Å². The van der Waals surface area contributed by atoms with Gasteiger partial charge in [0.2, 0.25) is 5.91 Å². The molecule has 4 nitrogen and oxygen atoms in total. The first kappa shape index (κ1) is 14.6. The Morgan fingerprint density at radius 1 is 1.40 bits per heavy atom. The van der Waals surface area contributed by atoms with Gasteiger partial charge in [0, 0.05) is 11.8 Å². The molecule has 1 aromatic carbocycles. The molecule has 1 aromatic heterocycles. The summed E-state index contributed by atoms with van der Waals surface area (Å²) in [7, 11) is 0. The van der Waals surface area contributed by atoms with Crippen LogP contribution in [0.3, 0.4) is 0 Å². The van der Waals surface area contributed by atoms with E-state index in [-0.39, 0.29) is 17.9 Å². The van der Waals surface area contributed by atoms with Gasteiger partial charge in [-0.2, -0.15) is 0 Å². The standard InChI is InChI=1S/C16H22N2O2/c1-3-12(10-17)8-16(19)18-11(2)15-9-13-6-4-5-7-14(13)20-15/h4-7,9,11-12H,3,8,10,17H2,1-2H3,(H,18,19). The lowest BCUT2D eigenvalue weighted by Gasteiger charge is -2.15. The zero-order valence-electron chi connectivity index (χ0n) is 12.1. The van der Waals surface area contributed by atoms with E-state index in [1.54, 1.807) is 0 Å². The number of fused-ring (bicyclic) bond motifs is 1. The minimum atomic E-state index is -0.134. The second-order valence-electron chi connectivity index (χ2n) is 5.19. The van der Waals surface area contributed by atoms with Crippen LogP contribution in [0, 0.1) is 5.92 Å². The van der Waals surface area contributed by atoms with Gasteiger partial charge in [-0.1, -0.05) is 31.5 Å². The molecule has 108 valence electrons. The second kappa shape index (κ2) is 6.57. The number of hydrogen-bond acceptors (Lipinski definition) is 3. The number of benzene rings is 1. The van der Waals surface area contributed by atoms with Gasteiger partial charge in [-0.25, -0.2) is 0 Å². The third kappa shape index (κ3) is 3.39. The highest BCUT2D eigenvalue weighted by molar-refractivity contribution is 5.79. The van der Waals surface area contributed by atoms with Crippen molar-refractivity contribution in [1.29, 1.82) is 0 Å². The number of carbonyl (C=O) groups excluding carboxylic acids is 1. The Morgan fingerprint density at radius 2 is 2.15 bits per heavy atom. The van der Waals surface area contributed by atoms with E-state index in [4.69, 9.17) is 10.2 Å². The van der Waals surface area contributed by atoms with Crippen molar-refractivity contribution in [2.45, 2.75) is 32.7 Å². The lowest BCUT2D eigenvalue weighted by atomic mass is 10.0. The van der Waals surface area contributed by atoms with Crippen LogP contribution in [-0.4, -0.2) is 12.5 Å². The molecule has 2 unspecified atom stereocenters. The number of carbonyl (C=O) groups is 1. The fourth-order valence-electron chi connectivity index (χ4n) is 2.24. The Balaban J connectivity index is 2.00. The molecule has 0 fully saturated rings. The number of nitrogens with two attached hydrogens (primary N) is 1. The minimum absolute atomic E-state index is 0.0234. The molecule has 0 saturated heterocycles. The second-order valence-corrected chi connectivity index (χ2v) is 5.19. The number of amides is 1. The average Bonchev–Trinajstić information content (AvgIpc) is 2.88. The van der Waals surface area contributed by atoms with Gasteiger partial charge in [0.15, 0.2) is 0 Å². The predicted molar refractivity (Wildman–Crippen MR) is 80.2 cm³/mol. The summed E-state index contributed by atoms with van der Waals surface area (Å²) < 4.78 is 5.75. The SMILES string of the molecule is CCC(CN)CC(=O)NC(C)c1cc2ccccc2o1. The van der Waals surface area contributed by atoms with Crippen molar-refractivity contribution in [3.05, 3.63) is 36.1 Å². The highest BCUT2D eigenvalue weighted by atomic mass is 16.3. The van der Waals surface area contributed by atoms with Crippen molar-refractivity contribution in [3.8, 4) is 0 Å². The Morgan fingerprint density at radius 3 is 2.80 bits per heavy atom. The van der Waals surface area contributed by atoms with Gasteiger partial charge in [-0.3, -0.25) is 4.79 Å². The van der Waals surface area contributed by atoms with E-state index in [2.05, 4.69) is 5.32 Å². The molecule has 0 saturated carbocycles. The first-order valence-corrected chi connectivity index (χ1v) is 7.12. The molecule has 0 aliphatic rings. The smallest absolute Gasteiger partial charge is 0.220 e. The third-order valence-electron chi connectivity index (χ3n) is 3.63. The summed E-state index contributed by atoms with van der Waals surface area (Å²) >= 11 is 0. The van der Waals surface area contributed by atoms with Gasteiger partial charge in [-0.05, 0) is 31.5 Å². The first-order valence-electron chi connectivity index (χ1n) is 7.12. The summed E-state index contributed by atoms with van der Waals surface area (Å²) in [5.74, 6) is 1.05. The molecule has 0 radical (unpaired) electrons. The lowest BCUT2D eigenvalue weighted by molar-refractivity contribution is -0.122. The molecule has 2 aromatic rings. The largest absolute Gasteiger partial charge is 0.459 e. The zero-order valence-corrected chi connectivity index (χ0v) is 12.1. The maximum absolute atomic E-state index is 12.0. The zero-order chi connectivity index (χ0) is 14.5. The molecule has 2 atom stereocenters. The third-order valence-corrected chi connectivity index (χ3v) is 3.63. The average molecular weight is 274 g/mol. The Hall–Kier alpha value is -1.81. The Kier molecular flexibility index (Phi) is 4.79. The summed E-state index contributed by atoms with van der Waals surface area (Å²) in [6.07, 6.45) is 1.39. The van der Waals surface area contributed by atoms with Crippen LogP contribution >= 0.6 is 0 Å². The van der Waals surface area contributed by atoms with Gasteiger partial charge >= 0.3 is 0 Å². The van der Waals surface area contributed by atoms with Crippen molar-refractivity contribution in [2.75, 3.05) is 6.54 Å². The maximum atomic E-state index is 12.0. The fourth-order valence-corrected chi connectivity index (χ4v) is 2.24. The first-order chi connectivity index (χ1) is 9.63. The van der Waals surface area contributed by atoms with Crippen LogP contribution in [0.2, 0.25) is 0 Å². The van der Waals surface area contributed by atoms with Crippen molar-refractivity contribution < 1.29 is 9.21 Å². The highest BCUT2D eigenvalue weighted by Crippen LogP contribution is 2.23. The molecule has 0 bridgehead atoms. The molecule has 3 N–H and O–H groups in total. The van der Waals surface area contributed by atoms with E-state index in [0.29, 0.717) is 13.0 Å². The molecule has 2 rings (SSSR count). The topological polar surface area (TPSA) is 68.3 Å². The fraction of sp³-hybridized carbons (Fsp3) is 0.438. The molecule has 0 spiro atoms. The predicted octanol–water partition coefficient (Wildman–Crippen LogP) is 2.99. The van der Waals surface area contributed by atoms with Gasteiger partial charge in [0.25, 0.3) is 0 Å². The molecule has 1 heterocycles. The van der Waals surface area contributed by atoms with Crippen LogP contribution in [0.5, 0.6) is 0 Å². The highest BCUT2D eigenvalue weighted by Gasteiger charge is 2.16. The number of hydrogen-bond donors (Lipinski definition) is 2. The van der Waals surface area contributed by atoms with E-state index in [1.165, 1.54) is 0 Å². The summed E-state index contributed by atoms with van der Waals surface area (Å²) in [5, 5.41) is 4.02. The number of rotatable bonds is 6. The van der Waals surface area contributed by atoms with Crippen LogP contribution in [0.15, 0.2) is 34.7 Å². The molecule has 20 heavy (non-hydrogen) atoms. The van der Waals surface area contributed by atoms with Crippen molar-refractivity contribution in [2.24, 2.45) is 11.7 Å². The van der Waals surface area contributed by atoms with Gasteiger partial charge in [0.05, 0.1) is 6.04 Å². The van der Waals surface area contributed by atoms with Crippen LogP contribution in [0.4, 0.5) is 0 Å². The minimum Gasteiger partial charge on any atom is -0.459 e. The Labute approximate surface area is 119 Å². The van der Waals surface area contributed by atoms with E-state index in [9.17, 15) is 4.79 Å².